The van der Waals surface area contributed by atoms with E-state index in [-0.39, 0.29) is 63.2 Å². The Morgan fingerprint density at radius 2 is 1.69 bits per heavy atom. The maximum atomic E-state index is 12.6. The Bertz CT molecular complexity index is 1060. The first kappa shape index (κ1) is 23.9. The molecule has 5 nitrogen and oxygen atoms in total. The Balaban J connectivity index is 1.41. The molecule has 2 heterocycles. The number of carbonyl (C=O) groups is 2. The molecule has 0 radical (unpaired) electrons. The highest BCUT2D eigenvalue weighted by Crippen LogP contribution is 2.77. The van der Waals surface area contributed by atoms with Crippen LogP contribution in [0.5, 0.6) is 0 Å². The Morgan fingerprint density at radius 3 is 2.34 bits per heavy atom. The summed E-state index contributed by atoms with van der Waals surface area (Å²) in [6.45, 7) is 15.8. The molecule has 3 saturated carbocycles. The van der Waals surface area contributed by atoms with Crippen LogP contribution in [0.1, 0.15) is 80.6 Å². The number of aliphatic hydroxyl groups excluding tert-OH is 1. The molecule has 0 unspecified atom stereocenters. The van der Waals surface area contributed by atoms with Crippen LogP contribution in [0.3, 0.4) is 0 Å². The third kappa shape index (κ3) is 2.53. The van der Waals surface area contributed by atoms with Gasteiger partial charge in [-0.1, -0.05) is 60.1 Å². The maximum absolute atomic E-state index is 12.6. The number of esters is 1. The number of ketones is 1. The minimum Gasteiger partial charge on any atom is -0.430 e. The minimum atomic E-state index is -1.23. The van der Waals surface area contributed by atoms with Crippen molar-refractivity contribution >= 4 is 11.8 Å². The highest BCUT2D eigenvalue weighted by atomic mass is 16.7. The number of hydrogen-bond donors (Lipinski definition) is 1. The van der Waals surface area contributed by atoms with Gasteiger partial charge >= 0.3 is 5.97 Å². The molecule has 5 heteroatoms. The third-order valence-corrected chi connectivity index (χ3v) is 13.1. The first-order chi connectivity index (χ1) is 16.3. The van der Waals surface area contributed by atoms with Crippen molar-refractivity contribution in [3.8, 4) is 0 Å². The number of fused-ring (bicyclic) bond motifs is 7. The van der Waals surface area contributed by atoms with Crippen LogP contribution in [-0.4, -0.2) is 34.9 Å². The highest BCUT2D eigenvalue weighted by Gasteiger charge is 2.75. The molecule has 0 amide bonds. The van der Waals surface area contributed by atoms with Crippen molar-refractivity contribution in [1.29, 1.82) is 0 Å². The standard InChI is InChI=1S/C30H42O5/c1-16-18(3)30(35-25(16)33)24(32)17(2)23-21(34-30)15-29(7)22-9-8-19-14-20(31)10-11-26(19,4)27(22,5)12-13-28(23,29)6/h10-11,14,16-18,21-24,32H,8-9,12-13,15H2,1-7H3/t16-,17-,18+,21-,22+,23-,24-,26-,27-,28+,29-,30+/m0/s1. The fraction of sp³-hybridized carbons (Fsp3) is 0.800. The monoisotopic (exact) mass is 482 g/mol. The van der Waals surface area contributed by atoms with Crippen molar-refractivity contribution < 1.29 is 24.2 Å². The molecule has 5 fully saturated rings. The summed E-state index contributed by atoms with van der Waals surface area (Å²) in [5.74, 6) is -1.17. The summed E-state index contributed by atoms with van der Waals surface area (Å²) in [5.41, 5.74) is 1.28. The largest absolute Gasteiger partial charge is 0.430 e. The molecule has 192 valence electrons. The van der Waals surface area contributed by atoms with Crippen LogP contribution in [0.15, 0.2) is 23.8 Å². The lowest BCUT2D eigenvalue weighted by Crippen LogP contribution is -2.64. The zero-order chi connectivity index (χ0) is 25.3. The number of ether oxygens (including phenoxy) is 2. The molecule has 0 bridgehead atoms. The van der Waals surface area contributed by atoms with Crippen LogP contribution in [0.25, 0.3) is 0 Å². The second kappa shape index (κ2) is 6.89. The van der Waals surface area contributed by atoms with Crippen LogP contribution in [0.4, 0.5) is 0 Å². The van der Waals surface area contributed by atoms with Gasteiger partial charge in [0, 0.05) is 11.3 Å². The smallest absolute Gasteiger partial charge is 0.311 e. The van der Waals surface area contributed by atoms with E-state index >= 15 is 0 Å². The molecule has 2 saturated heterocycles. The molecular weight excluding hydrogens is 440 g/mol. The Labute approximate surface area is 209 Å². The van der Waals surface area contributed by atoms with Gasteiger partial charge in [0.05, 0.1) is 12.0 Å². The zero-order valence-corrected chi connectivity index (χ0v) is 22.4. The van der Waals surface area contributed by atoms with Gasteiger partial charge in [0.1, 0.15) is 6.10 Å². The molecule has 4 aliphatic carbocycles. The number of carbonyl (C=O) groups excluding carboxylic acids is 2. The highest BCUT2D eigenvalue weighted by molar-refractivity contribution is 6.01. The number of rotatable bonds is 0. The SMILES string of the molecule is C[C@H]1[C@H]2[C@H](C[C@@]3(C)[C@@H]4CCC5=CC(=O)C=C[C@]5(C)[C@@]4(C)CC[C@]23C)O[C@]2(OC(=O)[C@@H](C)[C@H]2C)[C@H]1O. The van der Waals surface area contributed by atoms with Crippen molar-refractivity contribution in [3.63, 3.8) is 0 Å². The Hall–Kier alpha value is -1.46. The van der Waals surface area contributed by atoms with Gasteiger partial charge in [-0.25, -0.2) is 0 Å². The first-order valence-corrected chi connectivity index (χ1v) is 13.8. The second-order valence-electron chi connectivity index (χ2n) is 13.9. The van der Waals surface area contributed by atoms with E-state index in [1.807, 2.05) is 19.9 Å². The zero-order valence-electron chi connectivity index (χ0n) is 22.4. The number of hydrogen-bond acceptors (Lipinski definition) is 5. The Morgan fingerprint density at radius 1 is 1.00 bits per heavy atom. The molecule has 2 aliphatic heterocycles. The first-order valence-electron chi connectivity index (χ1n) is 13.8. The van der Waals surface area contributed by atoms with E-state index in [9.17, 15) is 14.7 Å². The molecule has 1 N–H and O–H groups in total. The predicted octanol–water partition coefficient (Wildman–Crippen LogP) is 5.22. The van der Waals surface area contributed by atoms with Gasteiger partial charge in [0.25, 0.3) is 0 Å². The van der Waals surface area contributed by atoms with E-state index in [1.54, 1.807) is 6.08 Å². The molecule has 0 aromatic heterocycles. The second-order valence-corrected chi connectivity index (χ2v) is 13.9. The lowest BCUT2D eigenvalue weighted by atomic mass is 9.37. The summed E-state index contributed by atoms with van der Waals surface area (Å²) >= 11 is 0. The van der Waals surface area contributed by atoms with Crippen molar-refractivity contribution in [2.24, 2.45) is 51.2 Å². The summed E-state index contributed by atoms with van der Waals surface area (Å²) in [4.78, 5) is 24.8. The average molecular weight is 483 g/mol. The summed E-state index contributed by atoms with van der Waals surface area (Å²) in [6.07, 6.45) is 10.1. The molecule has 0 aromatic rings. The molecule has 12 atom stereocenters. The van der Waals surface area contributed by atoms with E-state index in [2.05, 4.69) is 40.7 Å². The molecule has 0 aromatic carbocycles. The average Bonchev–Trinajstić information content (AvgIpc) is 3.15. The fourth-order valence-electron chi connectivity index (χ4n) is 10.4. The van der Waals surface area contributed by atoms with Crippen LogP contribution >= 0.6 is 0 Å². The lowest BCUT2D eigenvalue weighted by molar-refractivity contribution is -0.336. The molecule has 35 heavy (non-hydrogen) atoms. The van der Waals surface area contributed by atoms with E-state index in [0.717, 1.165) is 32.1 Å². The number of allylic oxidation sites excluding steroid dienone is 4. The van der Waals surface area contributed by atoms with Crippen molar-refractivity contribution in [1.82, 2.24) is 0 Å². The quantitative estimate of drug-likeness (QED) is 0.479. The fourth-order valence-corrected chi connectivity index (χ4v) is 10.4. The normalized spacial score (nSPS) is 58.9. The predicted molar refractivity (Wildman–Crippen MR) is 132 cm³/mol. The van der Waals surface area contributed by atoms with E-state index in [0.29, 0.717) is 5.92 Å². The van der Waals surface area contributed by atoms with Gasteiger partial charge in [-0.05, 0) is 78.3 Å². The van der Waals surface area contributed by atoms with Crippen molar-refractivity contribution in [2.45, 2.75) is 98.6 Å². The molecular formula is C30H42O5. The maximum Gasteiger partial charge on any atom is 0.311 e. The van der Waals surface area contributed by atoms with Crippen molar-refractivity contribution in [2.75, 3.05) is 0 Å². The lowest BCUT2D eigenvalue weighted by Gasteiger charge is -2.67. The van der Waals surface area contributed by atoms with Gasteiger partial charge in [-0.2, -0.15) is 0 Å². The van der Waals surface area contributed by atoms with Gasteiger partial charge in [-0.3, -0.25) is 9.59 Å². The van der Waals surface area contributed by atoms with Crippen LogP contribution in [0.2, 0.25) is 0 Å². The van der Waals surface area contributed by atoms with Gasteiger partial charge in [0.2, 0.25) is 5.79 Å². The summed E-state index contributed by atoms with van der Waals surface area (Å²) in [7, 11) is 0. The molecule has 1 spiro atoms. The van der Waals surface area contributed by atoms with E-state index in [1.165, 1.54) is 5.57 Å². The van der Waals surface area contributed by atoms with E-state index < -0.39 is 11.9 Å². The van der Waals surface area contributed by atoms with Crippen LogP contribution in [-0.2, 0) is 19.1 Å². The molecule has 6 rings (SSSR count). The van der Waals surface area contributed by atoms with Crippen LogP contribution in [0, 0.1) is 51.2 Å². The van der Waals surface area contributed by atoms with Gasteiger partial charge in [-0.15, -0.1) is 0 Å². The number of aliphatic hydroxyl groups is 1. The van der Waals surface area contributed by atoms with Gasteiger partial charge < -0.3 is 14.6 Å². The third-order valence-electron chi connectivity index (χ3n) is 13.1. The summed E-state index contributed by atoms with van der Waals surface area (Å²) < 4.78 is 12.7. The minimum absolute atomic E-state index is 0.0209. The Kier molecular flexibility index (Phi) is 4.71. The van der Waals surface area contributed by atoms with Crippen LogP contribution < -0.4 is 0 Å². The summed E-state index contributed by atoms with van der Waals surface area (Å²) in [5, 5.41) is 11.6. The van der Waals surface area contributed by atoms with Gasteiger partial charge in [0.15, 0.2) is 5.78 Å². The van der Waals surface area contributed by atoms with E-state index in [4.69, 9.17) is 9.47 Å². The van der Waals surface area contributed by atoms with Crippen molar-refractivity contribution in [3.05, 3.63) is 23.8 Å². The molecule has 6 aliphatic rings. The summed E-state index contributed by atoms with van der Waals surface area (Å²) in [6, 6.07) is 0. The topological polar surface area (TPSA) is 72.8 Å².